The van der Waals surface area contributed by atoms with Crippen LogP contribution in [0.15, 0.2) is 78.9 Å². The van der Waals surface area contributed by atoms with Gasteiger partial charge in [-0.15, -0.1) is 0 Å². The maximum Gasteiger partial charge on any atom is 0.313 e. The number of carbonyl (C=O) groups is 4. The van der Waals surface area contributed by atoms with E-state index in [9.17, 15) is 24.3 Å². The van der Waals surface area contributed by atoms with Crippen LogP contribution in [0, 0.1) is 11.8 Å². The van der Waals surface area contributed by atoms with E-state index in [2.05, 4.69) is 0 Å². The molecular formula is C36H41N3O8. The highest BCUT2D eigenvalue weighted by Crippen LogP contribution is 2.56. The highest BCUT2D eigenvalue weighted by atomic mass is 16.6. The van der Waals surface area contributed by atoms with Crippen molar-refractivity contribution in [2.45, 2.75) is 62.6 Å². The van der Waals surface area contributed by atoms with E-state index >= 15 is 0 Å². The van der Waals surface area contributed by atoms with Crippen molar-refractivity contribution in [2.75, 3.05) is 32.2 Å². The molecule has 3 amide bonds. The van der Waals surface area contributed by atoms with Crippen LogP contribution >= 0.6 is 0 Å². The standard InChI is InChI=1S/C36H41N3O8/c1-22(21-40)39-32-34(43)38(25-14-16-26(45-4)17-15-25)20-10-6-9-13-28(41)37(3)23(2)31(24-11-7-5-8-12-24)46-35(44)29-27-18-19-36(32,47-27)30(29)33(39)42/h5-8,10-12,14-19,22-23,27,29-32,40H,9,13,20-21H2,1-4H3/b10-6-/t22-,23-,27+,29-,30-,31+,32+,36-/m1/s1. The smallest absolute Gasteiger partial charge is 0.313 e. The lowest BCUT2D eigenvalue weighted by Gasteiger charge is -2.37. The van der Waals surface area contributed by atoms with Gasteiger partial charge in [0.05, 0.1) is 37.8 Å². The van der Waals surface area contributed by atoms with Gasteiger partial charge >= 0.3 is 5.97 Å². The molecule has 5 bridgehead atoms. The second-order valence-electron chi connectivity index (χ2n) is 12.6. The van der Waals surface area contributed by atoms with Crippen LogP contribution in [0.3, 0.4) is 0 Å². The van der Waals surface area contributed by atoms with Crippen molar-refractivity contribution < 1.29 is 38.5 Å². The van der Waals surface area contributed by atoms with Crippen molar-refractivity contribution >= 4 is 29.4 Å². The molecule has 2 aromatic carbocycles. The third-order valence-corrected chi connectivity index (χ3v) is 10.0. The van der Waals surface area contributed by atoms with Crippen LogP contribution < -0.4 is 9.64 Å². The van der Waals surface area contributed by atoms with Crippen LogP contribution in [-0.4, -0.2) is 95.7 Å². The number of methoxy groups -OCH3 is 1. The molecule has 2 aromatic rings. The Kier molecular flexibility index (Phi) is 8.95. The van der Waals surface area contributed by atoms with Gasteiger partial charge in [-0.05, 0) is 50.1 Å². The van der Waals surface area contributed by atoms with Gasteiger partial charge in [-0.25, -0.2) is 0 Å². The van der Waals surface area contributed by atoms with Crippen LogP contribution in [-0.2, 0) is 28.7 Å². The summed E-state index contributed by atoms with van der Waals surface area (Å²) in [5.74, 6) is -3.14. The Morgan fingerprint density at radius 2 is 1.74 bits per heavy atom. The number of nitrogens with zero attached hydrogens (tertiary/aromatic N) is 3. The molecule has 0 radical (unpaired) electrons. The first-order chi connectivity index (χ1) is 22.6. The van der Waals surface area contributed by atoms with Crippen molar-refractivity contribution in [3.05, 3.63) is 84.5 Å². The fraction of sp³-hybridized carbons (Fsp3) is 0.444. The summed E-state index contributed by atoms with van der Waals surface area (Å²) in [6.45, 7) is 3.26. The number of anilines is 1. The number of cyclic esters (lactones) is 1. The normalized spacial score (nSPS) is 32.4. The summed E-state index contributed by atoms with van der Waals surface area (Å²) in [7, 11) is 3.24. The number of fused-ring (bicyclic) bond motifs is 2. The quantitative estimate of drug-likeness (QED) is 0.390. The fourth-order valence-corrected chi connectivity index (χ4v) is 7.35. The molecule has 11 heteroatoms. The lowest BCUT2D eigenvalue weighted by Crippen LogP contribution is -2.58. The summed E-state index contributed by atoms with van der Waals surface area (Å²) >= 11 is 0. The molecule has 1 spiro atoms. The number of esters is 1. The van der Waals surface area contributed by atoms with Gasteiger partial charge in [0.2, 0.25) is 11.8 Å². The van der Waals surface area contributed by atoms with E-state index in [1.165, 1.54) is 4.90 Å². The van der Waals surface area contributed by atoms with Crippen LogP contribution in [0.5, 0.6) is 5.75 Å². The first kappa shape index (κ1) is 32.5. The molecule has 1 N–H and O–H groups in total. The van der Waals surface area contributed by atoms with Gasteiger partial charge < -0.3 is 34.0 Å². The molecule has 4 aliphatic rings. The molecule has 0 aromatic heterocycles. The third kappa shape index (κ3) is 5.51. The maximum atomic E-state index is 14.8. The van der Waals surface area contributed by atoms with E-state index in [-0.39, 0.29) is 18.9 Å². The number of rotatable bonds is 5. The molecule has 0 unspecified atom stereocenters. The summed E-state index contributed by atoms with van der Waals surface area (Å²) in [6.07, 6.45) is 6.17. The molecule has 47 heavy (non-hydrogen) atoms. The third-order valence-electron chi connectivity index (χ3n) is 10.0. The van der Waals surface area contributed by atoms with Gasteiger partial charge in [-0.3, -0.25) is 19.2 Å². The molecule has 248 valence electrons. The second-order valence-corrected chi connectivity index (χ2v) is 12.6. The average Bonchev–Trinajstić information content (AvgIpc) is 3.74. The molecular weight excluding hydrogens is 602 g/mol. The highest BCUT2D eigenvalue weighted by molar-refractivity contribution is 6.05. The molecule has 4 aliphatic heterocycles. The van der Waals surface area contributed by atoms with E-state index in [1.807, 2.05) is 49.4 Å². The first-order valence-corrected chi connectivity index (χ1v) is 16.0. The number of likely N-dealkylation sites (tertiary alicyclic amines) is 1. The molecule has 8 atom stereocenters. The topological polar surface area (TPSA) is 126 Å². The Bertz CT molecular complexity index is 1580. The largest absolute Gasteiger partial charge is 0.497 e. The summed E-state index contributed by atoms with van der Waals surface area (Å²) in [5, 5.41) is 10.3. The number of amides is 3. The highest BCUT2D eigenvalue weighted by Gasteiger charge is 2.74. The Morgan fingerprint density at radius 3 is 2.43 bits per heavy atom. The fourth-order valence-electron chi connectivity index (χ4n) is 7.35. The monoisotopic (exact) mass is 643 g/mol. The Balaban J connectivity index is 1.46. The summed E-state index contributed by atoms with van der Waals surface area (Å²) in [4.78, 5) is 61.3. The van der Waals surface area contributed by atoms with Gasteiger partial charge in [0.25, 0.3) is 5.91 Å². The van der Waals surface area contributed by atoms with Gasteiger partial charge in [-0.1, -0.05) is 54.6 Å². The zero-order valence-corrected chi connectivity index (χ0v) is 27.0. The van der Waals surface area contributed by atoms with Crippen LogP contribution in [0.1, 0.15) is 38.4 Å². The predicted octanol–water partition coefficient (Wildman–Crippen LogP) is 3.04. The number of aliphatic hydroxyl groups excluding tert-OH is 1. The molecule has 11 nitrogen and oxygen atoms in total. The average molecular weight is 644 g/mol. The summed E-state index contributed by atoms with van der Waals surface area (Å²) in [5.41, 5.74) is -0.184. The van der Waals surface area contributed by atoms with Gasteiger partial charge in [0.1, 0.15) is 29.4 Å². The van der Waals surface area contributed by atoms with Crippen LogP contribution in [0.4, 0.5) is 5.69 Å². The predicted molar refractivity (Wildman–Crippen MR) is 172 cm³/mol. The molecule has 0 saturated carbocycles. The number of carbonyl (C=O) groups excluding carboxylic acids is 4. The SMILES string of the molecule is COc1ccc(N2C/C=C\CCC(=O)N(C)[C@H](C)[C@@H](c3ccccc3)OC(=O)[C@@H]3[C@@H]4C=C[C@]5(O4)[C@H](C2=O)N([C@H](C)CO)C(=O)[C@@H]35)cc1. The molecule has 0 aliphatic carbocycles. The Morgan fingerprint density at radius 1 is 1.02 bits per heavy atom. The number of ether oxygens (including phenoxy) is 3. The number of likely N-dealkylation sites (N-methyl/N-ethyl adjacent to an activating group) is 1. The number of hydrogen-bond acceptors (Lipinski definition) is 8. The molecule has 2 fully saturated rings. The van der Waals surface area contributed by atoms with E-state index in [1.54, 1.807) is 67.3 Å². The number of aliphatic hydroxyl groups is 1. The number of allylic oxidation sites excluding steroid dienone is 1. The molecule has 2 saturated heterocycles. The van der Waals surface area contributed by atoms with Crippen molar-refractivity contribution in [2.24, 2.45) is 11.8 Å². The van der Waals surface area contributed by atoms with Crippen molar-refractivity contribution in [3.63, 3.8) is 0 Å². The van der Waals surface area contributed by atoms with Crippen molar-refractivity contribution in [3.8, 4) is 5.75 Å². The lowest BCUT2D eigenvalue weighted by atomic mass is 9.74. The zero-order valence-electron chi connectivity index (χ0n) is 27.0. The minimum Gasteiger partial charge on any atom is -0.497 e. The Hall–Kier alpha value is -4.48. The second kappa shape index (κ2) is 13.0. The number of benzene rings is 2. The van der Waals surface area contributed by atoms with Gasteiger partial charge in [0, 0.05) is 25.7 Å². The zero-order chi connectivity index (χ0) is 33.5. The van der Waals surface area contributed by atoms with E-state index in [4.69, 9.17) is 14.2 Å². The molecule has 4 heterocycles. The van der Waals surface area contributed by atoms with E-state index in [0.717, 1.165) is 0 Å². The summed E-state index contributed by atoms with van der Waals surface area (Å²) in [6, 6.07) is 13.8. The van der Waals surface area contributed by atoms with E-state index in [0.29, 0.717) is 23.4 Å². The maximum absolute atomic E-state index is 14.8. The van der Waals surface area contributed by atoms with Crippen LogP contribution in [0.2, 0.25) is 0 Å². The van der Waals surface area contributed by atoms with Gasteiger partial charge in [0.15, 0.2) is 0 Å². The Labute approximate surface area is 274 Å². The van der Waals surface area contributed by atoms with Gasteiger partial charge in [-0.2, -0.15) is 0 Å². The van der Waals surface area contributed by atoms with Crippen molar-refractivity contribution in [1.82, 2.24) is 9.80 Å². The first-order valence-electron chi connectivity index (χ1n) is 16.0. The minimum absolute atomic E-state index is 0.125. The van der Waals surface area contributed by atoms with Crippen molar-refractivity contribution in [1.29, 1.82) is 0 Å². The number of hydrogen-bond donors (Lipinski definition) is 1. The van der Waals surface area contributed by atoms with E-state index < -0.39 is 72.2 Å². The molecule has 6 rings (SSSR count). The minimum atomic E-state index is -1.45. The lowest BCUT2D eigenvalue weighted by molar-refractivity contribution is -0.164. The van der Waals surface area contributed by atoms with Crippen LogP contribution in [0.25, 0.3) is 0 Å². The summed E-state index contributed by atoms with van der Waals surface area (Å²) < 4.78 is 18.1.